The molecule has 0 aliphatic heterocycles. The number of carbonyl (C=O) groups is 2. The van der Waals surface area contributed by atoms with Crippen LogP contribution in [-0.2, 0) is 9.59 Å². The number of hydrogen-bond donors (Lipinski definition) is 2. The Kier molecular flexibility index (Phi) is 2.27. The van der Waals surface area contributed by atoms with Gasteiger partial charge in [-0.2, -0.15) is 0 Å². The SMILES string of the molecule is NC(=O)C(Cl)C(N)=O. The molecular formula is C3H5ClN2O2. The minimum Gasteiger partial charge on any atom is -0.368 e. The van der Waals surface area contributed by atoms with E-state index in [1.807, 2.05) is 0 Å². The first-order chi connectivity index (χ1) is 3.55. The lowest BCUT2D eigenvalue weighted by Crippen LogP contribution is -2.35. The maximum atomic E-state index is 9.93. The van der Waals surface area contributed by atoms with E-state index in [1.165, 1.54) is 0 Å². The molecule has 0 saturated heterocycles. The Labute approximate surface area is 50.8 Å². The Hall–Kier alpha value is -0.770. The molecule has 0 unspecified atom stereocenters. The van der Waals surface area contributed by atoms with Crippen LogP contribution in [0, 0.1) is 0 Å². The zero-order valence-electron chi connectivity index (χ0n) is 3.93. The summed E-state index contributed by atoms with van der Waals surface area (Å²) in [5.74, 6) is -1.83. The average molecular weight is 137 g/mol. The summed E-state index contributed by atoms with van der Waals surface area (Å²) in [6, 6.07) is 0. The number of carbonyl (C=O) groups excluding carboxylic acids is 2. The molecule has 46 valence electrons. The number of nitrogens with two attached hydrogens (primary N) is 2. The van der Waals surface area contributed by atoms with Crippen LogP contribution >= 0.6 is 11.6 Å². The van der Waals surface area contributed by atoms with Gasteiger partial charge in [-0.3, -0.25) is 9.59 Å². The fourth-order valence-electron chi connectivity index (χ4n) is 0.140. The maximum absolute atomic E-state index is 9.93. The minimum absolute atomic E-state index is 0.917. The predicted octanol–water partition coefficient (Wildman–Crippen LogP) is -1.44. The van der Waals surface area contributed by atoms with Gasteiger partial charge in [0.05, 0.1) is 0 Å². The molecule has 0 fully saturated rings. The van der Waals surface area contributed by atoms with Crippen LogP contribution in [0.15, 0.2) is 0 Å². The van der Waals surface area contributed by atoms with Crippen LogP contribution in [0.5, 0.6) is 0 Å². The number of rotatable bonds is 2. The largest absolute Gasteiger partial charge is 0.368 e. The molecule has 8 heavy (non-hydrogen) atoms. The number of amides is 2. The van der Waals surface area contributed by atoms with Gasteiger partial charge in [0.2, 0.25) is 11.8 Å². The molecule has 0 atom stereocenters. The molecule has 0 aromatic carbocycles. The van der Waals surface area contributed by atoms with E-state index in [2.05, 4.69) is 11.5 Å². The summed E-state index contributed by atoms with van der Waals surface area (Å²) in [6.07, 6.45) is 0. The second-order valence-corrected chi connectivity index (χ2v) is 1.60. The Morgan fingerprint density at radius 2 is 1.50 bits per heavy atom. The van der Waals surface area contributed by atoms with Crippen molar-refractivity contribution in [3.8, 4) is 0 Å². The van der Waals surface area contributed by atoms with Crippen molar-refractivity contribution < 1.29 is 9.59 Å². The van der Waals surface area contributed by atoms with Crippen molar-refractivity contribution in [1.29, 1.82) is 0 Å². The lowest BCUT2D eigenvalue weighted by Gasteiger charge is -1.94. The minimum atomic E-state index is -1.38. The van der Waals surface area contributed by atoms with Crippen LogP contribution in [0.3, 0.4) is 0 Å². The van der Waals surface area contributed by atoms with E-state index in [0.717, 1.165) is 0 Å². The molecular weight excluding hydrogens is 131 g/mol. The van der Waals surface area contributed by atoms with Gasteiger partial charge in [0.25, 0.3) is 0 Å². The normalized spacial score (nSPS) is 9.25. The van der Waals surface area contributed by atoms with Crippen LogP contribution < -0.4 is 11.5 Å². The molecule has 0 spiro atoms. The third-order valence-corrected chi connectivity index (χ3v) is 0.930. The number of hydrogen-bond acceptors (Lipinski definition) is 2. The van der Waals surface area contributed by atoms with Crippen molar-refractivity contribution in [2.75, 3.05) is 0 Å². The Bertz CT molecular complexity index is 110. The Balaban J connectivity index is 3.83. The number of primary amides is 2. The second-order valence-electron chi connectivity index (χ2n) is 1.17. The van der Waals surface area contributed by atoms with Gasteiger partial charge in [-0.1, -0.05) is 0 Å². The lowest BCUT2D eigenvalue weighted by atomic mass is 10.4. The van der Waals surface area contributed by atoms with Gasteiger partial charge in [-0.05, 0) is 0 Å². The van der Waals surface area contributed by atoms with Crippen molar-refractivity contribution in [3.63, 3.8) is 0 Å². The number of halogens is 1. The quantitative estimate of drug-likeness (QED) is 0.360. The molecule has 5 heteroatoms. The topological polar surface area (TPSA) is 86.2 Å². The Morgan fingerprint density at radius 3 is 1.50 bits per heavy atom. The monoisotopic (exact) mass is 136 g/mol. The van der Waals surface area contributed by atoms with Crippen molar-refractivity contribution in [1.82, 2.24) is 0 Å². The van der Waals surface area contributed by atoms with Crippen molar-refractivity contribution in [3.05, 3.63) is 0 Å². The van der Waals surface area contributed by atoms with Gasteiger partial charge in [0.1, 0.15) is 0 Å². The van der Waals surface area contributed by atoms with E-state index in [4.69, 9.17) is 11.6 Å². The fraction of sp³-hybridized carbons (Fsp3) is 0.333. The van der Waals surface area contributed by atoms with E-state index in [9.17, 15) is 9.59 Å². The van der Waals surface area contributed by atoms with E-state index >= 15 is 0 Å². The molecule has 4 N–H and O–H groups in total. The first-order valence-electron chi connectivity index (χ1n) is 1.78. The highest BCUT2D eigenvalue weighted by Gasteiger charge is 2.16. The summed E-state index contributed by atoms with van der Waals surface area (Å²) in [5.41, 5.74) is 9.13. The molecule has 0 bridgehead atoms. The van der Waals surface area contributed by atoms with E-state index in [1.54, 1.807) is 0 Å². The average Bonchev–Trinajstić information content (AvgIpc) is 1.64. The van der Waals surface area contributed by atoms with E-state index in [-0.39, 0.29) is 0 Å². The first kappa shape index (κ1) is 7.23. The highest BCUT2D eigenvalue weighted by Crippen LogP contribution is 1.89. The Morgan fingerprint density at radius 1 is 1.25 bits per heavy atom. The lowest BCUT2D eigenvalue weighted by molar-refractivity contribution is -0.125. The summed E-state index contributed by atoms with van der Waals surface area (Å²) >= 11 is 5.00. The standard InChI is InChI=1S/C3H5ClN2O2/c4-1(2(5)7)3(6)8/h1H,(H2,5,7)(H2,6,8). The molecule has 4 nitrogen and oxygen atoms in total. The van der Waals surface area contributed by atoms with Gasteiger partial charge < -0.3 is 11.5 Å². The molecule has 0 rings (SSSR count). The van der Waals surface area contributed by atoms with Crippen LogP contribution in [-0.4, -0.2) is 17.2 Å². The molecule has 0 aromatic rings. The van der Waals surface area contributed by atoms with Gasteiger partial charge in [-0.15, -0.1) is 11.6 Å². The second kappa shape index (κ2) is 2.52. The zero-order valence-corrected chi connectivity index (χ0v) is 4.68. The van der Waals surface area contributed by atoms with Gasteiger partial charge in [0, 0.05) is 0 Å². The summed E-state index contributed by atoms with van der Waals surface area (Å²) in [5, 5.41) is -1.38. The van der Waals surface area contributed by atoms with E-state index < -0.39 is 17.2 Å². The van der Waals surface area contributed by atoms with Crippen LogP contribution in [0.2, 0.25) is 0 Å². The van der Waals surface area contributed by atoms with Crippen LogP contribution in [0.25, 0.3) is 0 Å². The van der Waals surface area contributed by atoms with Gasteiger partial charge in [0.15, 0.2) is 5.38 Å². The highest BCUT2D eigenvalue weighted by molar-refractivity contribution is 6.41. The molecule has 0 aromatic heterocycles. The molecule has 0 radical (unpaired) electrons. The van der Waals surface area contributed by atoms with E-state index in [0.29, 0.717) is 0 Å². The summed E-state index contributed by atoms with van der Waals surface area (Å²) in [6.45, 7) is 0. The summed E-state index contributed by atoms with van der Waals surface area (Å²) in [4.78, 5) is 19.9. The molecule has 0 aliphatic rings. The van der Waals surface area contributed by atoms with Gasteiger partial charge in [-0.25, -0.2) is 0 Å². The van der Waals surface area contributed by atoms with Crippen LogP contribution in [0.4, 0.5) is 0 Å². The fourth-order valence-corrected chi connectivity index (χ4v) is 0.140. The third-order valence-electron chi connectivity index (χ3n) is 0.500. The smallest absolute Gasteiger partial charge is 0.245 e. The van der Waals surface area contributed by atoms with Crippen molar-refractivity contribution in [2.24, 2.45) is 11.5 Å². The van der Waals surface area contributed by atoms with Crippen LogP contribution in [0.1, 0.15) is 0 Å². The molecule has 2 amide bonds. The molecule has 0 heterocycles. The third kappa shape index (κ3) is 1.79. The van der Waals surface area contributed by atoms with Gasteiger partial charge >= 0.3 is 0 Å². The molecule has 0 saturated carbocycles. The van der Waals surface area contributed by atoms with Crippen molar-refractivity contribution >= 4 is 23.4 Å². The summed E-state index contributed by atoms with van der Waals surface area (Å²) in [7, 11) is 0. The highest BCUT2D eigenvalue weighted by atomic mass is 35.5. The molecule has 0 aliphatic carbocycles. The zero-order chi connectivity index (χ0) is 6.73. The summed E-state index contributed by atoms with van der Waals surface area (Å²) < 4.78 is 0. The first-order valence-corrected chi connectivity index (χ1v) is 2.22. The predicted molar refractivity (Wildman–Crippen MR) is 28.0 cm³/mol. The van der Waals surface area contributed by atoms with Crippen molar-refractivity contribution in [2.45, 2.75) is 5.38 Å². The number of alkyl halides is 1. The maximum Gasteiger partial charge on any atom is 0.245 e.